The number of hydrogen-bond donors (Lipinski definition) is 4. The van der Waals surface area contributed by atoms with Gasteiger partial charge in [0.25, 0.3) is 5.91 Å². The van der Waals surface area contributed by atoms with Crippen molar-refractivity contribution < 1.29 is 9.53 Å². The summed E-state index contributed by atoms with van der Waals surface area (Å²) in [4.78, 5) is 12.2. The SMILES string of the molecule is CCCCOc1ccc(NC(=O)c2ccc(N)c(NN)c2)cc1. The highest BCUT2D eigenvalue weighted by Crippen LogP contribution is 2.21. The van der Waals surface area contributed by atoms with Crippen molar-refractivity contribution in [3.8, 4) is 5.75 Å². The number of rotatable bonds is 7. The van der Waals surface area contributed by atoms with Gasteiger partial charge in [-0.1, -0.05) is 13.3 Å². The van der Waals surface area contributed by atoms with E-state index in [1.807, 2.05) is 12.1 Å². The van der Waals surface area contributed by atoms with Crippen molar-refractivity contribution in [1.29, 1.82) is 0 Å². The van der Waals surface area contributed by atoms with E-state index in [9.17, 15) is 4.79 Å². The number of unbranched alkanes of at least 4 members (excludes halogenated alkanes) is 1. The summed E-state index contributed by atoms with van der Waals surface area (Å²) in [6, 6.07) is 12.2. The molecule has 1 amide bonds. The molecular weight excluding hydrogens is 292 g/mol. The van der Waals surface area contributed by atoms with Gasteiger partial charge in [-0.05, 0) is 48.9 Å². The third-order valence-corrected chi connectivity index (χ3v) is 3.35. The number of carbonyl (C=O) groups is 1. The molecule has 0 aromatic heterocycles. The molecule has 0 saturated carbocycles. The minimum Gasteiger partial charge on any atom is -0.494 e. The summed E-state index contributed by atoms with van der Waals surface area (Å²) < 4.78 is 5.59. The van der Waals surface area contributed by atoms with Crippen LogP contribution in [0.25, 0.3) is 0 Å². The second-order valence-electron chi connectivity index (χ2n) is 5.13. The minimum atomic E-state index is -0.235. The summed E-state index contributed by atoms with van der Waals surface area (Å²) in [5, 5.41) is 2.82. The summed E-state index contributed by atoms with van der Waals surface area (Å²) in [5.41, 5.74) is 10.4. The van der Waals surface area contributed by atoms with Crippen molar-refractivity contribution in [3.05, 3.63) is 48.0 Å². The monoisotopic (exact) mass is 314 g/mol. The van der Waals surface area contributed by atoms with E-state index in [2.05, 4.69) is 17.7 Å². The molecule has 0 bridgehead atoms. The van der Waals surface area contributed by atoms with Crippen LogP contribution in [0.4, 0.5) is 17.1 Å². The van der Waals surface area contributed by atoms with Crippen molar-refractivity contribution in [2.75, 3.05) is 23.1 Å². The number of ether oxygens (including phenoxy) is 1. The molecule has 122 valence electrons. The lowest BCUT2D eigenvalue weighted by Gasteiger charge is -2.10. The number of nitrogen functional groups attached to an aromatic ring is 2. The number of amides is 1. The lowest BCUT2D eigenvalue weighted by atomic mass is 10.1. The van der Waals surface area contributed by atoms with Crippen LogP contribution in [0, 0.1) is 0 Å². The molecule has 0 fully saturated rings. The Morgan fingerprint density at radius 2 is 1.91 bits per heavy atom. The van der Waals surface area contributed by atoms with E-state index in [4.69, 9.17) is 16.3 Å². The van der Waals surface area contributed by atoms with Gasteiger partial charge in [-0.25, -0.2) is 0 Å². The Balaban J connectivity index is 2.00. The maximum atomic E-state index is 12.2. The molecule has 0 radical (unpaired) electrons. The molecule has 0 heterocycles. The summed E-state index contributed by atoms with van der Waals surface area (Å²) >= 11 is 0. The standard InChI is InChI=1S/C17H22N4O2/c1-2-3-10-23-14-7-5-13(6-8-14)20-17(22)12-4-9-15(18)16(11-12)21-19/h4-9,11,21H,2-3,10,18-19H2,1H3,(H,20,22). The van der Waals surface area contributed by atoms with Crippen molar-refractivity contribution in [2.24, 2.45) is 5.84 Å². The molecule has 6 nitrogen and oxygen atoms in total. The van der Waals surface area contributed by atoms with Crippen molar-refractivity contribution in [1.82, 2.24) is 0 Å². The summed E-state index contributed by atoms with van der Waals surface area (Å²) in [7, 11) is 0. The highest BCUT2D eigenvalue weighted by atomic mass is 16.5. The average Bonchev–Trinajstić information content (AvgIpc) is 2.57. The first-order chi connectivity index (χ1) is 11.1. The molecule has 0 spiro atoms. The molecule has 0 aliphatic rings. The number of benzene rings is 2. The van der Waals surface area contributed by atoms with Gasteiger partial charge in [-0.2, -0.15) is 0 Å². The van der Waals surface area contributed by atoms with Gasteiger partial charge in [0, 0.05) is 11.3 Å². The zero-order valence-electron chi connectivity index (χ0n) is 13.1. The quantitative estimate of drug-likeness (QED) is 0.272. The lowest BCUT2D eigenvalue weighted by Crippen LogP contribution is -2.14. The highest BCUT2D eigenvalue weighted by Gasteiger charge is 2.08. The first kappa shape index (κ1) is 16.6. The van der Waals surface area contributed by atoms with Gasteiger partial charge < -0.3 is 21.2 Å². The number of hydrogen-bond acceptors (Lipinski definition) is 5. The zero-order valence-corrected chi connectivity index (χ0v) is 13.1. The molecule has 0 aliphatic carbocycles. The number of nitrogens with two attached hydrogens (primary N) is 2. The van der Waals surface area contributed by atoms with Crippen LogP contribution in [0.1, 0.15) is 30.1 Å². The number of anilines is 3. The molecule has 0 unspecified atom stereocenters. The largest absolute Gasteiger partial charge is 0.494 e. The predicted molar refractivity (Wildman–Crippen MR) is 93.5 cm³/mol. The van der Waals surface area contributed by atoms with E-state index in [0.717, 1.165) is 18.6 Å². The van der Waals surface area contributed by atoms with E-state index >= 15 is 0 Å². The normalized spacial score (nSPS) is 10.2. The molecule has 2 aromatic carbocycles. The molecule has 6 heteroatoms. The molecular formula is C17H22N4O2. The van der Waals surface area contributed by atoms with Crippen molar-refractivity contribution >= 4 is 23.0 Å². The average molecular weight is 314 g/mol. The Kier molecular flexibility index (Phi) is 5.82. The minimum absolute atomic E-state index is 0.235. The van der Waals surface area contributed by atoms with E-state index in [-0.39, 0.29) is 5.91 Å². The summed E-state index contributed by atoms with van der Waals surface area (Å²) in [6.45, 7) is 2.81. The van der Waals surface area contributed by atoms with Crippen LogP contribution in [0.15, 0.2) is 42.5 Å². The van der Waals surface area contributed by atoms with Crippen LogP contribution >= 0.6 is 0 Å². The van der Waals surface area contributed by atoms with Crippen LogP contribution in [-0.4, -0.2) is 12.5 Å². The fraction of sp³-hybridized carbons (Fsp3) is 0.235. The molecule has 6 N–H and O–H groups in total. The number of nitrogens with one attached hydrogen (secondary N) is 2. The fourth-order valence-electron chi connectivity index (χ4n) is 1.99. The second kappa shape index (κ2) is 8.05. The second-order valence-corrected chi connectivity index (χ2v) is 5.13. The molecule has 23 heavy (non-hydrogen) atoms. The maximum Gasteiger partial charge on any atom is 0.255 e. The van der Waals surface area contributed by atoms with Crippen LogP contribution in [0.3, 0.4) is 0 Å². The molecule has 0 saturated heterocycles. The van der Waals surface area contributed by atoms with Crippen molar-refractivity contribution in [2.45, 2.75) is 19.8 Å². The Morgan fingerprint density at radius 3 is 2.57 bits per heavy atom. The Bertz CT molecular complexity index is 656. The van der Waals surface area contributed by atoms with Crippen LogP contribution < -0.4 is 27.1 Å². The van der Waals surface area contributed by atoms with Crippen LogP contribution in [0.2, 0.25) is 0 Å². The zero-order chi connectivity index (χ0) is 16.7. The number of carbonyl (C=O) groups excluding carboxylic acids is 1. The predicted octanol–water partition coefficient (Wildman–Crippen LogP) is 2.99. The topological polar surface area (TPSA) is 102 Å². The Hall–Kier alpha value is -2.73. The fourth-order valence-corrected chi connectivity index (χ4v) is 1.99. The summed E-state index contributed by atoms with van der Waals surface area (Å²) in [6.07, 6.45) is 2.11. The third-order valence-electron chi connectivity index (χ3n) is 3.35. The van der Waals surface area contributed by atoms with Crippen molar-refractivity contribution in [3.63, 3.8) is 0 Å². The molecule has 2 rings (SSSR count). The van der Waals surface area contributed by atoms with Gasteiger partial charge in [0.15, 0.2) is 0 Å². The molecule has 0 aliphatic heterocycles. The van der Waals surface area contributed by atoms with Gasteiger partial charge in [0.05, 0.1) is 18.0 Å². The van der Waals surface area contributed by atoms with Gasteiger partial charge in [-0.3, -0.25) is 10.6 Å². The number of hydrazine groups is 1. The lowest BCUT2D eigenvalue weighted by molar-refractivity contribution is 0.102. The smallest absolute Gasteiger partial charge is 0.255 e. The van der Waals surface area contributed by atoms with Crippen LogP contribution in [-0.2, 0) is 0 Å². The van der Waals surface area contributed by atoms with Gasteiger partial charge in [-0.15, -0.1) is 0 Å². The first-order valence-corrected chi connectivity index (χ1v) is 7.54. The van der Waals surface area contributed by atoms with E-state index in [1.54, 1.807) is 30.3 Å². The molecule has 2 aromatic rings. The van der Waals surface area contributed by atoms with Gasteiger partial charge in [0.1, 0.15) is 5.75 Å². The highest BCUT2D eigenvalue weighted by molar-refractivity contribution is 6.05. The van der Waals surface area contributed by atoms with Gasteiger partial charge >= 0.3 is 0 Å². The van der Waals surface area contributed by atoms with E-state index < -0.39 is 0 Å². The third kappa shape index (κ3) is 4.62. The van der Waals surface area contributed by atoms with Crippen LogP contribution in [0.5, 0.6) is 5.75 Å². The Morgan fingerprint density at radius 1 is 1.17 bits per heavy atom. The van der Waals surface area contributed by atoms with Gasteiger partial charge in [0.2, 0.25) is 0 Å². The molecule has 0 atom stereocenters. The van der Waals surface area contributed by atoms with E-state index in [0.29, 0.717) is 29.2 Å². The summed E-state index contributed by atoms with van der Waals surface area (Å²) in [5.74, 6) is 5.92. The van der Waals surface area contributed by atoms with E-state index in [1.165, 1.54) is 0 Å². The Labute approximate surface area is 135 Å². The first-order valence-electron chi connectivity index (χ1n) is 7.54. The maximum absolute atomic E-state index is 12.2.